The number of rotatable bonds is 6. The molecule has 4 rings (SSSR count). The zero-order valence-corrected chi connectivity index (χ0v) is 18.8. The fourth-order valence-electron chi connectivity index (χ4n) is 4.31. The molecular formula is C26H25F3N4O. The second-order valence-electron chi connectivity index (χ2n) is 8.73. The van der Waals surface area contributed by atoms with E-state index in [0.29, 0.717) is 17.7 Å². The third kappa shape index (κ3) is 5.44. The molecule has 8 heteroatoms. The van der Waals surface area contributed by atoms with Crippen LogP contribution in [-0.2, 0) is 22.9 Å². The average molecular weight is 467 g/mol. The maximum Gasteiger partial charge on any atom is 0.416 e. The number of piperidine rings is 1. The minimum Gasteiger partial charge on any atom is -0.374 e. The van der Waals surface area contributed by atoms with E-state index in [1.165, 1.54) is 0 Å². The number of benzene rings is 1. The predicted molar refractivity (Wildman–Crippen MR) is 122 cm³/mol. The fraction of sp³-hybridized carbons (Fsp3) is 0.346. The van der Waals surface area contributed by atoms with Gasteiger partial charge in [-0.2, -0.15) is 18.4 Å². The maximum atomic E-state index is 13.6. The summed E-state index contributed by atoms with van der Waals surface area (Å²) in [4.78, 5) is 10.8. The summed E-state index contributed by atoms with van der Waals surface area (Å²) in [5.74, 6) is 0. The molecule has 1 fully saturated rings. The molecule has 1 saturated heterocycles. The Morgan fingerprint density at radius 3 is 2.35 bits per heavy atom. The van der Waals surface area contributed by atoms with Crippen LogP contribution in [0.15, 0.2) is 60.9 Å². The Hall–Kier alpha value is -3.28. The van der Waals surface area contributed by atoms with Crippen molar-refractivity contribution in [2.24, 2.45) is 0 Å². The number of hydrogen-bond donors (Lipinski definition) is 0. The maximum absolute atomic E-state index is 13.6. The van der Waals surface area contributed by atoms with E-state index in [4.69, 9.17) is 10.00 Å². The summed E-state index contributed by atoms with van der Waals surface area (Å²) in [5, 5.41) is 8.98. The lowest BCUT2D eigenvalue weighted by Gasteiger charge is -2.41. The van der Waals surface area contributed by atoms with E-state index < -0.39 is 11.7 Å². The Kier molecular flexibility index (Phi) is 6.96. The van der Waals surface area contributed by atoms with Crippen LogP contribution in [0.2, 0.25) is 0 Å². The lowest BCUT2D eigenvalue weighted by atomic mass is 9.74. The first-order valence-electron chi connectivity index (χ1n) is 11.0. The first-order valence-corrected chi connectivity index (χ1v) is 11.0. The van der Waals surface area contributed by atoms with Crippen molar-refractivity contribution < 1.29 is 17.9 Å². The first kappa shape index (κ1) is 23.9. The molecule has 1 aliphatic heterocycles. The Balaban J connectivity index is 1.57. The Morgan fingerprint density at radius 1 is 1.06 bits per heavy atom. The highest BCUT2D eigenvalue weighted by molar-refractivity contribution is 5.61. The van der Waals surface area contributed by atoms with E-state index in [0.717, 1.165) is 43.6 Å². The molecule has 3 aromatic rings. The Labute approximate surface area is 196 Å². The van der Waals surface area contributed by atoms with E-state index in [1.54, 1.807) is 36.7 Å². The van der Waals surface area contributed by atoms with Gasteiger partial charge in [0.2, 0.25) is 0 Å². The van der Waals surface area contributed by atoms with Crippen LogP contribution in [0.25, 0.3) is 11.3 Å². The summed E-state index contributed by atoms with van der Waals surface area (Å²) < 4.78 is 46.8. The summed E-state index contributed by atoms with van der Waals surface area (Å²) in [6, 6.07) is 14.4. The Bertz CT molecular complexity index is 1150. The summed E-state index contributed by atoms with van der Waals surface area (Å²) in [5.41, 5.74) is 1.49. The van der Waals surface area contributed by atoms with Crippen molar-refractivity contribution in [1.82, 2.24) is 14.9 Å². The fourth-order valence-corrected chi connectivity index (χ4v) is 4.31. The van der Waals surface area contributed by atoms with Crippen LogP contribution in [0, 0.1) is 11.3 Å². The van der Waals surface area contributed by atoms with Gasteiger partial charge in [0.15, 0.2) is 0 Å². The SMILES string of the molecule is CN1CCC(COCc2cc(C(F)(F)F)cc(-c3ccc(C#N)cc3)n2)(c2ccncc2)CC1. The molecule has 1 aliphatic rings. The summed E-state index contributed by atoms with van der Waals surface area (Å²) in [7, 11) is 2.08. The standard InChI is InChI=1S/C26H25F3N4O/c1-33-12-8-25(9-13-33,21-6-10-31-11-7-21)18-34-17-23-14-22(26(27,28)29)15-24(32-23)20-4-2-19(16-30)3-5-20/h2-7,10-11,14-15H,8-9,12-13,17-18H2,1H3. The largest absolute Gasteiger partial charge is 0.416 e. The van der Waals surface area contributed by atoms with E-state index >= 15 is 0 Å². The van der Waals surface area contributed by atoms with Gasteiger partial charge >= 0.3 is 6.18 Å². The van der Waals surface area contributed by atoms with Gasteiger partial charge in [-0.25, -0.2) is 0 Å². The molecule has 0 amide bonds. The van der Waals surface area contributed by atoms with Crippen molar-refractivity contribution in [1.29, 1.82) is 5.26 Å². The van der Waals surface area contributed by atoms with Gasteiger partial charge in [-0.15, -0.1) is 0 Å². The molecule has 1 aromatic carbocycles. The van der Waals surface area contributed by atoms with Gasteiger partial charge in [0.05, 0.1) is 41.8 Å². The second kappa shape index (κ2) is 9.92. The van der Waals surface area contributed by atoms with Gasteiger partial charge in [-0.1, -0.05) is 12.1 Å². The molecule has 3 heterocycles. The third-order valence-corrected chi connectivity index (χ3v) is 6.38. The quantitative estimate of drug-likeness (QED) is 0.499. The van der Waals surface area contributed by atoms with Crippen LogP contribution in [0.1, 0.15) is 35.2 Å². The van der Waals surface area contributed by atoms with Crippen molar-refractivity contribution in [2.45, 2.75) is 31.0 Å². The molecule has 0 unspecified atom stereocenters. The van der Waals surface area contributed by atoms with Gasteiger partial charge in [0.1, 0.15) is 0 Å². The van der Waals surface area contributed by atoms with Crippen molar-refractivity contribution >= 4 is 0 Å². The van der Waals surface area contributed by atoms with Crippen LogP contribution in [-0.4, -0.2) is 41.6 Å². The molecule has 0 spiro atoms. The smallest absolute Gasteiger partial charge is 0.374 e. The molecule has 0 aliphatic carbocycles. The monoisotopic (exact) mass is 466 g/mol. The van der Waals surface area contributed by atoms with Crippen LogP contribution in [0.5, 0.6) is 0 Å². The van der Waals surface area contributed by atoms with Crippen LogP contribution in [0.3, 0.4) is 0 Å². The molecule has 0 saturated carbocycles. The zero-order valence-electron chi connectivity index (χ0n) is 18.8. The normalized spacial score (nSPS) is 16.2. The highest BCUT2D eigenvalue weighted by Crippen LogP contribution is 2.36. The summed E-state index contributed by atoms with van der Waals surface area (Å²) in [6.07, 6.45) is 0.784. The summed E-state index contributed by atoms with van der Waals surface area (Å²) in [6.45, 7) is 2.18. The average Bonchev–Trinajstić information content (AvgIpc) is 2.85. The van der Waals surface area contributed by atoms with Crippen LogP contribution in [0.4, 0.5) is 13.2 Å². The van der Waals surface area contributed by atoms with E-state index in [-0.39, 0.29) is 23.4 Å². The van der Waals surface area contributed by atoms with Gasteiger partial charge < -0.3 is 9.64 Å². The summed E-state index contributed by atoms with van der Waals surface area (Å²) >= 11 is 0. The number of hydrogen-bond acceptors (Lipinski definition) is 5. The van der Waals surface area contributed by atoms with E-state index in [1.807, 2.05) is 18.2 Å². The Morgan fingerprint density at radius 2 is 1.74 bits per heavy atom. The van der Waals surface area contributed by atoms with Gasteiger partial charge in [0, 0.05) is 23.4 Å². The van der Waals surface area contributed by atoms with Crippen molar-refractivity contribution in [3.05, 3.63) is 83.3 Å². The molecule has 0 N–H and O–H groups in total. The predicted octanol–water partition coefficient (Wildman–Crippen LogP) is 5.21. The van der Waals surface area contributed by atoms with Crippen LogP contribution < -0.4 is 0 Å². The highest BCUT2D eigenvalue weighted by atomic mass is 19.4. The minimum absolute atomic E-state index is 0.0319. The lowest BCUT2D eigenvalue weighted by molar-refractivity contribution is -0.137. The number of halogens is 3. The number of nitriles is 1. The molecule has 176 valence electrons. The van der Waals surface area contributed by atoms with Crippen LogP contribution >= 0.6 is 0 Å². The van der Waals surface area contributed by atoms with E-state index in [2.05, 4.69) is 21.9 Å². The lowest BCUT2D eigenvalue weighted by Crippen LogP contribution is -2.43. The van der Waals surface area contributed by atoms with Crippen molar-refractivity contribution in [3.63, 3.8) is 0 Å². The number of alkyl halides is 3. The number of ether oxygens (including phenoxy) is 1. The zero-order chi connectivity index (χ0) is 24.2. The van der Waals surface area contributed by atoms with Gasteiger partial charge in [-0.3, -0.25) is 9.97 Å². The van der Waals surface area contributed by atoms with Crippen molar-refractivity contribution in [3.8, 4) is 17.3 Å². The molecule has 5 nitrogen and oxygen atoms in total. The molecule has 0 radical (unpaired) electrons. The molecule has 34 heavy (non-hydrogen) atoms. The second-order valence-corrected chi connectivity index (χ2v) is 8.73. The first-order chi connectivity index (χ1) is 16.3. The molecule has 2 aromatic heterocycles. The molecular weight excluding hydrogens is 441 g/mol. The number of aromatic nitrogens is 2. The number of nitrogens with zero attached hydrogens (tertiary/aromatic N) is 4. The molecule has 0 atom stereocenters. The van der Waals surface area contributed by atoms with Gasteiger partial charge in [-0.05, 0) is 74.9 Å². The third-order valence-electron chi connectivity index (χ3n) is 6.38. The number of likely N-dealkylation sites (tertiary alicyclic amines) is 1. The molecule has 0 bridgehead atoms. The minimum atomic E-state index is -4.51. The van der Waals surface area contributed by atoms with Gasteiger partial charge in [0.25, 0.3) is 0 Å². The highest BCUT2D eigenvalue weighted by Gasteiger charge is 2.36. The van der Waals surface area contributed by atoms with E-state index in [9.17, 15) is 13.2 Å². The topological polar surface area (TPSA) is 62.0 Å². The van der Waals surface area contributed by atoms with Crippen molar-refractivity contribution in [2.75, 3.05) is 26.7 Å². The number of pyridine rings is 2.